The van der Waals surface area contributed by atoms with Crippen molar-refractivity contribution < 1.29 is 4.42 Å². The van der Waals surface area contributed by atoms with Crippen molar-refractivity contribution in [2.75, 3.05) is 0 Å². The summed E-state index contributed by atoms with van der Waals surface area (Å²) in [6.07, 6.45) is 1.79. The van der Waals surface area contributed by atoms with E-state index in [2.05, 4.69) is 16.9 Å². The van der Waals surface area contributed by atoms with Crippen LogP contribution in [-0.2, 0) is 18.7 Å². The highest BCUT2D eigenvalue weighted by Gasteiger charge is 2.05. The largest absolute Gasteiger partial charge is 0.464 e. The van der Waals surface area contributed by atoms with E-state index in [4.69, 9.17) is 10.2 Å². The number of rotatable bonds is 6. The molecular weight excluding hydrogens is 262 g/mol. The molecule has 2 aromatic heterocycles. The molecule has 0 aliphatic heterocycles. The number of aromatic nitrogens is 2. The molecule has 0 aromatic carbocycles. The summed E-state index contributed by atoms with van der Waals surface area (Å²) in [4.78, 5) is 18.6. The fraction of sp³-hybridized carbons (Fsp3) is 0.385. The zero-order chi connectivity index (χ0) is 13.7. The smallest absolute Gasteiger partial charge is 0.251 e. The fourth-order valence-electron chi connectivity index (χ4n) is 1.69. The molecule has 0 saturated heterocycles. The lowest BCUT2D eigenvalue weighted by molar-refractivity contribution is 0.482. The van der Waals surface area contributed by atoms with Crippen molar-refractivity contribution in [2.24, 2.45) is 5.73 Å². The van der Waals surface area contributed by atoms with E-state index in [9.17, 15) is 4.79 Å². The van der Waals surface area contributed by atoms with Crippen molar-refractivity contribution in [3.8, 4) is 0 Å². The molecule has 0 amide bonds. The van der Waals surface area contributed by atoms with Gasteiger partial charge in [0.05, 0.1) is 12.3 Å². The first-order valence-corrected chi connectivity index (χ1v) is 7.20. The standard InChI is InChI=1S/C13H17N3O2S/c1-2-3-9-6-12(17)16-13(15-9)19-8-11-5-4-10(7-14)18-11/h4-6H,2-3,7-8,14H2,1H3,(H,15,16,17). The molecule has 3 N–H and O–H groups in total. The normalized spacial score (nSPS) is 10.8. The molecule has 0 unspecified atom stereocenters. The lowest BCUT2D eigenvalue weighted by Gasteiger charge is -2.02. The predicted octanol–water partition coefficient (Wildman–Crippen LogP) is 2.07. The molecular formula is C13H17N3O2S. The lowest BCUT2D eigenvalue weighted by atomic mass is 10.2. The Balaban J connectivity index is 2.04. The van der Waals surface area contributed by atoms with Crippen LogP contribution in [0, 0.1) is 0 Å². The van der Waals surface area contributed by atoms with Crippen LogP contribution in [0.2, 0.25) is 0 Å². The molecule has 0 aliphatic rings. The van der Waals surface area contributed by atoms with Crippen LogP contribution >= 0.6 is 11.8 Å². The van der Waals surface area contributed by atoms with Crippen molar-refractivity contribution in [2.45, 2.75) is 37.2 Å². The topological polar surface area (TPSA) is 84.9 Å². The number of nitrogens with two attached hydrogens (primary N) is 1. The van der Waals surface area contributed by atoms with Crippen molar-refractivity contribution in [3.63, 3.8) is 0 Å². The molecule has 0 spiro atoms. The zero-order valence-electron chi connectivity index (χ0n) is 10.8. The third-order valence-electron chi connectivity index (χ3n) is 2.55. The van der Waals surface area contributed by atoms with Gasteiger partial charge in [0, 0.05) is 11.8 Å². The van der Waals surface area contributed by atoms with Gasteiger partial charge in [0.2, 0.25) is 0 Å². The molecule has 0 aliphatic carbocycles. The summed E-state index contributed by atoms with van der Waals surface area (Å²) in [7, 11) is 0. The predicted molar refractivity (Wildman–Crippen MR) is 75.0 cm³/mol. The molecule has 19 heavy (non-hydrogen) atoms. The number of H-pyrrole nitrogens is 1. The number of nitrogens with one attached hydrogen (secondary N) is 1. The second-order valence-electron chi connectivity index (χ2n) is 4.15. The van der Waals surface area contributed by atoms with E-state index in [0.29, 0.717) is 17.5 Å². The van der Waals surface area contributed by atoms with E-state index >= 15 is 0 Å². The highest BCUT2D eigenvalue weighted by atomic mass is 32.2. The van der Waals surface area contributed by atoms with E-state index in [1.54, 1.807) is 6.07 Å². The van der Waals surface area contributed by atoms with Gasteiger partial charge in [0.15, 0.2) is 5.16 Å². The third kappa shape index (κ3) is 3.97. The highest BCUT2D eigenvalue weighted by Crippen LogP contribution is 2.20. The first-order chi connectivity index (χ1) is 9.21. The average molecular weight is 279 g/mol. The Morgan fingerprint density at radius 3 is 2.89 bits per heavy atom. The molecule has 102 valence electrons. The molecule has 0 saturated carbocycles. The summed E-state index contributed by atoms with van der Waals surface area (Å²) in [5, 5.41) is 0.627. The van der Waals surface area contributed by atoms with Crippen LogP contribution in [0.5, 0.6) is 0 Å². The second-order valence-corrected chi connectivity index (χ2v) is 5.12. The Kier molecular flexibility index (Phi) is 4.81. The van der Waals surface area contributed by atoms with E-state index < -0.39 is 0 Å². The van der Waals surface area contributed by atoms with Crippen LogP contribution in [0.15, 0.2) is 32.6 Å². The number of aromatic amines is 1. The molecule has 6 heteroatoms. The fourth-order valence-corrected chi connectivity index (χ4v) is 2.47. The quantitative estimate of drug-likeness (QED) is 0.624. The number of hydrogen-bond acceptors (Lipinski definition) is 5. The Morgan fingerprint density at radius 1 is 1.42 bits per heavy atom. The van der Waals surface area contributed by atoms with Gasteiger partial charge in [-0.3, -0.25) is 4.79 Å². The van der Waals surface area contributed by atoms with Crippen LogP contribution in [0.3, 0.4) is 0 Å². The molecule has 2 aromatic rings. The molecule has 0 atom stereocenters. The molecule has 0 bridgehead atoms. The minimum atomic E-state index is -0.108. The molecule has 2 heterocycles. The number of hydrogen-bond donors (Lipinski definition) is 2. The molecule has 2 rings (SSSR count). The molecule has 0 fully saturated rings. The maximum atomic E-state index is 11.5. The molecule has 0 radical (unpaired) electrons. The summed E-state index contributed by atoms with van der Waals surface area (Å²) < 4.78 is 5.50. The summed E-state index contributed by atoms with van der Waals surface area (Å²) >= 11 is 1.45. The maximum absolute atomic E-state index is 11.5. The summed E-state index contributed by atoms with van der Waals surface area (Å²) in [6.45, 7) is 2.46. The van der Waals surface area contributed by atoms with Gasteiger partial charge >= 0.3 is 0 Å². The van der Waals surface area contributed by atoms with E-state index in [1.807, 2.05) is 12.1 Å². The maximum Gasteiger partial charge on any atom is 0.251 e. The third-order valence-corrected chi connectivity index (χ3v) is 3.44. The van der Waals surface area contributed by atoms with Gasteiger partial charge in [0.25, 0.3) is 5.56 Å². The van der Waals surface area contributed by atoms with Gasteiger partial charge < -0.3 is 15.1 Å². The van der Waals surface area contributed by atoms with Crippen molar-refractivity contribution in [3.05, 3.63) is 45.8 Å². The van der Waals surface area contributed by atoms with Crippen molar-refractivity contribution >= 4 is 11.8 Å². The van der Waals surface area contributed by atoms with Crippen LogP contribution < -0.4 is 11.3 Å². The Labute approximate surface area is 115 Å². The van der Waals surface area contributed by atoms with Crippen LogP contribution in [0.25, 0.3) is 0 Å². The summed E-state index contributed by atoms with van der Waals surface area (Å²) in [5.74, 6) is 2.21. The van der Waals surface area contributed by atoms with Gasteiger partial charge in [0.1, 0.15) is 11.5 Å². The zero-order valence-corrected chi connectivity index (χ0v) is 11.6. The van der Waals surface area contributed by atoms with Gasteiger partial charge in [-0.2, -0.15) is 0 Å². The van der Waals surface area contributed by atoms with Crippen LogP contribution in [-0.4, -0.2) is 9.97 Å². The number of furan rings is 1. The lowest BCUT2D eigenvalue weighted by Crippen LogP contribution is -2.09. The van der Waals surface area contributed by atoms with Crippen LogP contribution in [0.1, 0.15) is 30.6 Å². The van der Waals surface area contributed by atoms with E-state index in [-0.39, 0.29) is 5.56 Å². The minimum absolute atomic E-state index is 0.108. The van der Waals surface area contributed by atoms with Crippen LogP contribution in [0.4, 0.5) is 0 Å². The van der Waals surface area contributed by atoms with Gasteiger partial charge in [-0.15, -0.1) is 0 Å². The summed E-state index contributed by atoms with van der Waals surface area (Å²) in [5.41, 5.74) is 6.20. The van der Waals surface area contributed by atoms with E-state index in [1.165, 1.54) is 11.8 Å². The SMILES string of the molecule is CCCc1cc(=O)[nH]c(SCc2ccc(CN)o2)n1. The van der Waals surface area contributed by atoms with Gasteiger partial charge in [-0.1, -0.05) is 25.1 Å². The first kappa shape index (κ1) is 13.9. The number of nitrogens with zero attached hydrogens (tertiary/aromatic N) is 1. The van der Waals surface area contributed by atoms with Crippen molar-refractivity contribution in [1.82, 2.24) is 9.97 Å². The number of aryl methyl sites for hydroxylation is 1. The van der Waals surface area contributed by atoms with Gasteiger partial charge in [-0.25, -0.2) is 4.98 Å². The molecule has 5 nitrogen and oxygen atoms in total. The number of thioether (sulfide) groups is 1. The highest BCUT2D eigenvalue weighted by molar-refractivity contribution is 7.98. The average Bonchev–Trinajstić information content (AvgIpc) is 2.84. The second kappa shape index (κ2) is 6.58. The minimum Gasteiger partial charge on any atom is -0.464 e. The Hall–Kier alpha value is -1.53. The van der Waals surface area contributed by atoms with E-state index in [0.717, 1.165) is 30.1 Å². The Bertz CT molecular complexity index is 592. The van der Waals surface area contributed by atoms with Crippen molar-refractivity contribution in [1.29, 1.82) is 0 Å². The monoisotopic (exact) mass is 279 g/mol. The first-order valence-electron chi connectivity index (χ1n) is 6.22. The van der Waals surface area contributed by atoms with Gasteiger partial charge in [-0.05, 0) is 18.6 Å². The Morgan fingerprint density at radius 2 is 2.21 bits per heavy atom. The summed E-state index contributed by atoms with van der Waals surface area (Å²) in [6, 6.07) is 5.30.